The molecule has 0 fully saturated rings. The van der Waals surface area contributed by atoms with Gasteiger partial charge in [-0.25, -0.2) is 4.79 Å². The molecule has 1 atom stereocenters. The van der Waals surface area contributed by atoms with Crippen molar-refractivity contribution in [2.45, 2.75) is 52.3 Å². The number of fused-ring (bicyclic) bond motifs is 2. The van der Waals surface area contributed by atoms with Gasteiger partial charge in [0.05, 0.1) is 0 Å². The summed E-state index contributed by atoms with van der Waals surface area (Å²) in [6.45, 7) is 7.15. The van der Waals surface area contributed by atoms with Crippen molar-refractivity contribution in [3.63, 3.8) is 0 Å². The molecule has 0 unspecified atom stereocenters. The summed E-state index contributed by atoms with van der Waals surface area (Å²) in [6, 6.07) is 18.6. The molecule has 0 bridgehead atoms. The summed E-state index contributed by atoms with van der Waals surface area (Å²) in [5, 5.41) is 5.75. The number of nitrogens with one attached hydrogen (secondary N) is 2. The molecule has 2 aliphatic rings. The van der Waals surface area contributed by atoms with Crippen molar-refractivity contribution in [2.75, 3.05) is 17.4 Å². The zero-order valence-electron chi connectivity index (χ0n) is 21.2. The Bertz CT molecular complexity index is 1310. The second kappa shape index (κ2) is 10.4. The molecular weight excluding hydrogens is 470 g/mol. The first-order valence-corrected chi connectivity index (χ1v) is 12.5. The van der Waals surface area contributed by atoms with Crippen LogP contribution in [0, 0.1) is 0 Å². The first-order chi connectivity index (χ1) is 17.9. The largest absolute Gasteiger partial charge is 0.480 e. The van der Waals surface area contributed by atoms with Crippen molar-refractivity contribution in [3.05, 3.63) is 77.4 Å². The quantitative estimate of drug-likeness (QED) is 0.440. The summed E-state index contributed by atoms with van der Waals surface area (Å²) in [6.07, 6.45) is -0.0281. The van der Waals surface area contributed by atoms with Crippen LogP contribution < -0.4 is 24.8 Å². The average Bonchev–Trinajstić information content (AvgIpc) is 3.31. The summed E-state index contributed by atoms with van der Waals surface area (Å²) in [5.41, 5.74) is 4.30. The Hall–Kier alpha value is -4.20. The molecule has 0 aliphatic carbocycles. The lowest BCUT2D eigenvalue weighted by atomic mass is 10.0. The van der Waals surface area contributed by atoms with E-state index < -0.39 is 6.10 Å². The van der Waals surface area contributed by atoms with E-state index in [2.05, 4.69) is 24.5 Å². The Morgan fingerprint density at radius 1 is 0.946 bits per heavy atom. The number of amides is 3. The maximum absolute atomic E-state index is 13.3. The van der Waals surface area contributed by atoms with E-state index in [9.17, 15) is 9.59 Å². The maximum atomic E-state index is 13.3. The molecule has 0 aromatic heterocycles. The van der Waals surface area contributed by atoms with Crippen molar-refractivity contribution in [1.29, 1.82) is 0 Å². The van der Waals surface area contributed by atoms with Gasteiger partial charge in [0.15, 0.2) is 17.6 Å². The van der Waals surface area contributed by atoms with Gasteiger partial charge in [-0.3, -0.25) is 4.79 Å². The van der Waals surface area contributed by atoms with E-state index >= 15 is 0 Å². The Kier molecular flexibility index (Phi) is 6.90. The van der Waals surface area contributed by atoms with E-state index in [1.54, 1.807) is 11.0 Å². The lowest BCUT2D eigenvalue weighted by Crippen LogP contribution is -2.38. The fraction of sp³-hybridized carbons (Fsp3) is 0.310. The fourth-order valence-electron chi connectivity index (χ4n) is 4.48. The first-order valence-electron chi connectivity index (χ1n) is 12.5. The van der Waals surface area contributed by atoms with Gasteiger partial charge in [-0.05, 0) is 65.9 Å². The second-order valence-electron chi connectivity index (χ2n) is 9.57. The number of benzene rings is 3. The van der Waals surface area contributed by atoms with E-state index in [0.717, 1.165) is 11.1 Å². The number of anilines is 2. The van der Waals surface area contributed by atoms with E-state index in [1.807, 2.05) is 61.5 Å². The SMILES string of the molecule is CC[C@@H]1Oc2ccc(NC(=O)Nc3ccc(C(C)C)cc3)cc2CN(Cc2ccc3c(c2)OCO3)C1=O. The molecule has 0 radical (unpaired) electrons. The summed E-state index contributed by atoms with van der Waals surface area (Å²) in [4.78, 5) is 27.7. The molecule has 0 saturated carbocycles. The molecular formula is C29H31N3O5. The number of hydrogen-bond donors (Lipinski definition) is 2. The third kappa shape index (κ3) is 5.48. The van der Waals surface area contributed by atoms with Gasteiger partial charge in [0, 0.05) is 30.0 Å². The van der Waals surface area contributed by atoms with Crippen LogP contribution in [0.4, 0.5) is 16.2 Å². The molecule has 3 amide bonds. The maximum Gasteiger partial charge on any atom is 0.323 e. The summed E-state index contributed by atoms with van der Waals surface area (Å²) in [5.74, 6) is 2.38. The van der Waals surface area contributed by atoms with E-state index in [0.29, 0.717) is 54.1 Å². The Morgan fingerprint density at radius 2 is 1.65 bits per heavy atom. The predicted molar refractivity (Wildman–Crippen MR) is 141 cm³/mol. The highest BCUT2D eigenvalue weighted by Crippen LogP contribution is 2.34. The first kappa shape index (κ1) is 24.5. The molecule has 0 saturated heterocycles. The number of hydrogen-bond acceptors (Lipinski definition) is 5. The van der Waals surface area contributed by atoms with Gasteiger partial charge >= 0.3 is 6.03 Å². The smallest absolute Gasteiger partial charge is 0.323 e. The molecule has 2 heterocycles. The van der Waals surface area contributed by atoms with Crippen LogP contribution in [-0.4, -0.2) is 29.7 Å². The number of carbonyl (C=O) groups is 2. The summed E-state index contributed by atoms with van der Waals surface area (Å²) >= 11 is 0. The van der Waals surface area contributed by atoms with E-state index in [-0.39, 0.29) is 18.7 Å². The summed E-state index contributed by atoms with van der Waals surface area (Å²) in [7, 11) is 0. The standard InChI is InChI=1S/C29H31N3O5/c1-4-24-28(33)32(15-19-5-11-26-27(13-19)36-17-35-26)16-21-14-23(10-12-25(21)37-24)31-29(34)30-22-8-6-20(7-9-22)18(2)3/h5-14,18,24H,4,15-17H2,1-3H3,(H2,30,31,34)/t24-/m0/s1. The van der Waals surface area contributed by atoms with Crippen LogP contribution in [0.3, 0.4) is 0 Å². The van der Waals surface area contributed by atoms with E-state index in [4.69, 9.17) is 14.2 Å². The zero-order chi connectivity index (χ0) is 25.9. The average molecular weight is 502 g/mol. The molecule has 0 spiro atoms. The van der Waals surface area contributed by atoms with Gasteiger partial charge in [0.2, 0.25) is 6.79 Å². The van der Waals surface area contributed by atoms with Gasteiger partial charge in [0.1, 0.15) is 5.75 Å². The number of carbonyl (C=O) groups excluding carboxylic acids is 2. The highest BCUT2D eigenvalue weighted by atomic mass is 16.7. The van der Waals surface area contributed by atoms with Gasteiger partial charge in [-0.1, -0.05) is 39.0 Å². The number of nitrogens with zero attached hydrogens (tertiary/aromatic N) is 1. The van der Waals surface area contributed by atoms with Gasteiger partial charge < -0.3 is 29.7 Å². The minimum Gasteiger partial charge on any atom is -0.480 e. The van der Waals surface area contributed by atoms with Crippen LogP contribution in [-0.2, 0) is 17.9 Å². The lowest BCUT2D eigenvalue weighted by molar-refractivity contribution is -0.139. The Morgan fingerprint density at radius 3 is 2.41 bits per heavy atom. The van der Waals surface area contributed by atoms with Gasteiger partial charge in [0.25, 0.3) is 5.91 Å². The highest BCUT2D eigenvalue weighted by Gasteiger charge is 2.30. The van der Waals surface area contributed by atoms with E-state index in [1.165, 1.54) is 5.56 Å². The van der Waals surface area contributed by atoms with Crippen LogP contribution in [0.1, 0.15) is 49.8 Å². The molecule has 8 nitrogen and oxygen atoms in total. The second-order valence-corrected chi connectivity index (χ2v) is 9.57. The minimum atomic E-state index is -0.578. The van der Waals surface area contributed by atoms with Crippen molar-refractivity contribution in [2.24, 2.45) is 0 Å². The Balaban J connectivity index is 1.31. The lowest BCUT2D eigenvalue weighted by Gasteiger charge is -2.23. The molecule has 192 valence electrons. The van der Waals surface area contributed by atoms with Crippen molar-refractivity contribution < 1.29 is 23.8 Å². The predicted octanol–water partition coefficient (Wildman–Crippen LogP) is 5.88. The van der Waals surface area contributed by atoms with Crippen molar-refractivity contribution in [1.82, 2.24) is 4.90 Å². The van der Waals surface area contributed by atoms with Gasteiger partial charge in [-0.15, -0.1) is 0 Å². The monoisotopic (exact) mass is 501 g/mol. The topological polar surface area (TPSA) is 89.1 Å². The van der Waals surface area contributed by atoms with Crippen LogP contribution in [0.15, 0.2) is 60.7 Å². The Labute approximate surface area is 216 Å². The molecule has 37 heavy (non-hydrogen) atoms. The molecule has 3 aromatic rings. The minimum absolute atomic E-state index is 0.0755. The number of ether oxygens (including phenoxy) is 3. The van der Waals surface area contributed by atoms with Crippen LogP contribution in [0.2, 0.25) is 0 Å². The fourth-order valence-corrected chi connectivity index (χ4v) is 4.48. The zero-order valence-corrected chi connectivity index (χ0v) is 21.2. The third-order valence-electron chi connectivity index (χ3n) is 6.55. The van der Waals surface area contributed by atoms with Crippen LogP contribution in [0.25, 0.3) is 0 Å². The number of rotatable bonds is 6. The molecule has 2 N–H and O–H groups in total. The van der Waals surface area contributed by atoms with Crippen molar-refractivity contribution in [3.8, 4) is 17.2 Å². The highest BCUT2D eigenvalue weighted by molar-refractivity contribution is 5.99. The molecule has 8 heteroatoms. The normalized spacial score (nSPS) is 16.2. The molecule has 5 rings (SSSR count). The molecule has 3 aromatic carbocycles. The van der Waals surface area contributed by atoms with Gasteiger partial charge in [-0.2, -0.15) is 0 Å². The third-order valence-corrected chi connectivity index (χ3v) is 6.55. The van der Waals surface area contributed by atoms with Crippen LogP contribution in [0.5, 0.6) is 17.2 Å². The molecule has 2 aliphatic heterocycles. The van der Waals surface area contributed by atoms with Crippen molar-refractivity contribution >= 4 is 23.3 Å². The number of urea groups is 1. The summed E-state index contributed by atoms with van der Waals surface area (Å²) < 4.78 is 17.0. The van der Waals surface area contributed by atoms with Crippen LogP contribution >= 0.6 is 0 Å².